The predicted octanol–water partition coefficient (Wildman–Crippen LogP) is 2.30. The molecular weight excluding hydrogens is 352 g/mol. The second-order valence-corrected chi connectivity index (χ2v) is 6.46. The van der Waals surface area contributed by atoms with Crippen LogP contribution in [0.2, 0.25) is 0 Å². The predicted molar refractivity (Wildman–Crippen MR) is 97.0 cm³/mol. The lowest BCUT2D eigenvalue weighted by Gasteiger charge is -2.19. The molecule has 142 valence electrons. The molecule has 0 saturated heterocycles. The zero-order valence-electron chi connectivity index (χ0n) is 14.7. The van der Waals surface area contributed by atoms with Gasteiger partial charge in [0.05, 0.1) is 5.56 Å². The van der Waals surface area contributed by atoms with E-state index < -0.39 is 23.6 Å². The molecule has 7 heteroatoms. The van der Waals surface area contributed by atoms with E-state index in [0.29, 0.717) is 12.6 Å². The first kappa shape index (κ1) is 19.0. The van der Waals surface area contributed by atoms with Crippen molar-refractivity contribution in [2.75, 3.05) is 13.1 Å². The van der Waals surface area contributed by atoms with Crippen molar-refractivity contribution in [1.82, 2.24) is 16.0 Å². The summed E-state index contributed by atoms with van der Waals surface area (Å²) in [7, 11) is 0. The van der Waals surface area contributed by atoms with Crippen LogP contribution < -0.4 is 16.0 Å². The number of benzene rings is 2. The van der Waals surface area contributed by atoms with Gasteiger partial charge in [-0.3, -0.25) is 9.59 Å². The van der Waals surface area contributed by atoms with E-state index in [9.17, 15) is 18.4 Å². The molecule has 0 aliphatic heterocycles. The number of carbonyl (C=O) groups is 2. The van der Waals surface area contributed by atoms with Gasteiger partial charge >= 0.3 is 0 Å². The average Bonchev–Trinajstić information content (AvgIpc) is 3.46. The lowest BCUT2D eigenvalue weighted by Crippen LogP contribution is -2.41. The Balaban J connectivity index is 1.54. The van der Waals surface area contributed by atoms with Crippen LogP contribution in [-0.4, -0.2) is 30.9 Å². The quantitative estimate of drug-likeness (QED) is 0.622. The fourth-order valence-corrected chi connectivity index (χ4v) is 2.68. The Morgan fingerprint density at radius 1 is 1.04 bits per heavy atom. The molecule has 0 aromatic heterocycles. The first-order chi connectivity index (χ1) is 13.0. The third-order valence-electron chi connectivity index (χ3n) is 4.25. The number of hydrogen-bond acceptors (Lipinski definition) is 3. The van der Waals surface area contributed by atoms with Crippen molar-refractivity contribution in [2.24, 2.45) is 0 Å². The maximum atomic E-state index is 13.6. The van der Waals surface area contributed by atoms with E-state index in [4.69, 9.17) is 0 Å². The van der Waals surface area contributed by atoms with E-state index in [1.54, 1.807) is 0 Å². The van der Waals surface area contributed by atoms with Crippen molar-refractivity contribution in [3.05, 3.63) is 71.3 Å². The van der Waals surface area contributed by atoms with Crippen LogP contribution in [0.25, 0.3) is 0 Å². The van der Waals surface area contributed by atoms with Gasteiger partial charge in [-0.1, -0.05) is 30.3 Å². The summed E-state index contributed by atoms with van der Waals surface area (Å²) in [5.74, 6) is -2.39. The van der Waals surface area contributed by atoms with Crippen molar-refractivity contribution in [3.8, 4) is 0 Å². The highest BCUT2D eigenvalue weighted by molar-refractivity contribution is 5.94. The Labute approximate surface area is 156 Å². The number of carbonyl (C=O) groups excluding carboxylic acids is 2. The molecule has 3 rings (SSSR count). The van der Waals surface area contributed by atoms with E-state index in [1.807, 2.05) is 30.3 Å². The third-order valence-corrected chi connectivity index (χ3v) is 4.25. The van der Waals surface area contributed by atoms with Crippen LogP contribution >= 0.6 is 0 Å². The van der Waals surface area contributed by atoms with Crippen LogP contribution in [0.5, 0.6) is 0 Å². The summed E-state index contributed by atoms with van der Waals surface area (Å²) in [6, 6.07) is 11.8. The van der Waals surface area contributed by atoms with Crippen molar-refractivity contribution in [2.45, 2.75) is 24.9 Å². The largest absolute Gasteiger partial charge is 0.352 e. The Kier molecular flexibility index (Phi) is 6.13. The fraction of sp³-hybridized carbons (Fsp3) is 0.300. The van der Waals surface area contributed by atoms with Crippen molar-refractivity contribution >= 4 is 11.8 Å². The minimum atomic E-state index is -0.911. The van der Waals surface area contributed by atoms with Gasteiger partial charge in [-0.25, -0.2) is 8.78 Å². The van der Waals surface area contributed by atoms with E-state index >= 15 is 0 Å². The van der Waals surface area contributed by atoms with Gasteiger partial charge < -0.3 is 16.0 Å². The number of halogens is 2. The van der Waals surface area contributed by atoms with E-state index in [1.165, 1.54) is 0 Å². The Bertz CT molecular complexity index is 810. The molecule has 5 nitrogen and oxygen atoms in total. The molecule has 2 amide bonds. The number of hydrogen-bond donors (Lipinski definition) is 3. The topological polar surface area (TPSA) is 70.2 Å². The summed E-state index contributed by atoms with van der Waals surface area (Å²) in [6.07, 6.45) is 1.99. The van der Waals surface area contributed by atoms with Crippen molar-refractivity contribution < 1.29 is 18.4 Å². The molecule has 1 aliphatic rings. The van der Waals surface area contributed by atoms with Crippen LogP contribution in [0, 0.1) is 11.6 Å². The normalized spacial score (nSPS) is 14.4. The molecule has 1 unspecified atom stereocenters. The standard InChI is InChI=1S/C20H21F2N3O2/c21-14-6-9-16(17(22)12-14)19(26)24-11-10-23-18(13-4-2-1-3-5-13)20(27)25-15-7-8-15/h1-6,9,12,15,18,23H,7-8,10-11H2,(H,24,26)(H,25,27). The molecule has 0 radical (unpaired) electrons. The van der Waals surface area contributed by atoms with Gasteiger partial charge in [-0.15, -0.1) is 0 Å². The van der Waals surface area contributed by atoms with Gasteiger partial charge in [0.2, 0.25) is 5.91 Å². The molecule has 0 bridgehead atoms. The second-order valence-electron chi connectivity index (χ2n) is 6.46. The molecule has 0 heterocycles. The monoisotopic (exact) mass is 373 g/mol. The van der Waals surface area contributed by atoms with E-state index in [-0.39, 0.29) is 24.1 Å². The highest BCUT2D eigenvalue weighted by Crippen LogP contribution is 2.21. The zero-order chi connectivity index (χ0) is 19.2. The summed E-state index contributed by atoms with van der Waals surface area (Å²) in [5.41, 5.74) is 0.606. The lowest BCUT2D eigenvalue weighted by atomic mass is 10.1. The molecule has 2 aromatic carbocycles. The molecule has 3 N–H and O–H groups in total. The molecule has 1 aliphatic carbocycles. The van der Waals surface area contributed by atoms with Crippen LogP contribution in [-0.2, 0) is 4.79 Å². The van der Waals surface area contributed by atoms with Crippen LogP contribution in [0.15, 0.2) is 48.5 Å². The summed E-state index contributed by atoms with van der Waals surface area (Å²) in [5, 5.41) is 8.65. The molecule has 27 heavy (non-hydrogen) atoms. The maximum Gasteiger partial charge on any atom is 0.254 e. The first-order valence-corrected chi connectivity index (χ1v) is 8.86. The van der Waals surface area contributed by atoms with Gasteiger partial charge in [0.15, 0.2) is 0 Å². The summed E-state index contributed by atoms with van der Waals surface area (Å²) in [6.45, 7) is 0.502. The zero-order valence-corrected chi connectivity index (χ0v) is 14.7. The van der Waals surface area contributed by atoms with Crippen LogP contribution in [0.3, 0.4) is 0 Å². The Morgan fingerprint density at radius 2 is 1.78 bits per heavy atom. The van der Waals surface area contributed by atoms with Crippen molar-refractivity contribution in [1.29, 1.82) is 0 Å². The highest BCUT2D eigenvalue weighted by Gasteiger charge is 2.28. The SMILES string of the molecule is O=C(NCCNC(C(=O)NC1CC1)c1ccccc1)c1ccc(F)cc1F. The fourth-order valence-electron chi connectivity index (χ4n) is 2.68. The molecule has 1 atom stereocenters. The van der Waals surface area contributed by atoms with Gasteiger partial charge in [-0.2, -0.15) is 0 Å². The van der Waals surface area contributed by atoms with E-state index in [2.05, 4.69) is 16.0 Å². The van der Waals surface area contributed by atoms with Gasteiger partial charge in [0.25, 0.3) is 5.91 Å². The molecular formula is C20H21F2N3O2. The van der Waals surface area contributed by atoms with Crippen LogP contribution in [0.1, 0.15) is 34.8 Å². The summed E-state index contributed by atoms with van der Waals surface area (Å²) >= 11 is 0. The van der Waals surface area contributed by atoms with Gasteiger partial charge in [0.1, 0.15) is 17.7 Å². The number of amides is 2. The highest BCUT2D eigenvalue weighted by atomic mass is 19.1. The Morgan fingerprint density at radius 3 is 2.44 bits per heavy atom. The Hall–Kier alpha value is -2.80. The minimum absolute atomic E-state index is 0.111. The van der Waals surface area contributed by atoms with Crippen molar-refractivity contribution in [3.63, 3.8) is 0 Å². The smallest absolute Gasteiger partial charge is 0.254 e. The summed E-state index contributed by atoms with van der Waals surface area (Å²) < 4.78 is 26.5. The first-order valence-electron chi connectivity index (χ1n) is 8.86. The minimum Gasteiger partial charge on any atom is -0.352 e. The molecule has 1 saturated carbocycles. The van der Waals surface area contributed by atoms with Crippen LogP contribution in [0.4, 0.5) is 8.78 Å². The number of nitrogens with one attached hydrogen (secondary N) is 3. The van der Waals surface area contributed by atoms with Gasteiger partial charge in [0, 0.05) is 25.2 Å². The van der Waals surface area contributed by atoms with E-state index in [0.717, 1.165) is 30.5 Å². The molecule has 0 spiro atoms. The van der Waals surface area contributed by atoms with Gasteiger partial charge in [-0.05, 0) is 30.5 Å². The summed E-state index contributed by atoms with van der Waals surface area (Å²) in [4.78, 5) is 24.5. The molecule has 1 fully saturated rings. The third kappa shape index (κ3) is 5.34. The molecule has 2 aromatic rings. The average molecular weight is 373 g/mol. The number of rotatable bonds is 8. The second kappa shape index (κ2) is 8.73. The lowest BCUT2D eigenvalue weighted by molar-refractivity contribution is -0.123. The maximum absolute atomic E-state index is 13.6.